The first-order valence-electron chi connectivity index (χ1n) is 9.94. The molecule has 0 bridgehead atoms. The number of hydrogen-bond acceptors (Lipinski definition) is 3. The number of unbranched alkanes of at least 4 members (excludes halogenated alkanes) is 4. The van der Waals surface area contributed by atoms with Crippen molar-refractivity contribution in [1.29, 1.82) is 0 Å². The quantitative estimate of drug-likeness (QED) is 0.369. The van der Waals surface area contributed by atoms with Gasteiger partial charge in [0.05, 0.1) is 11.1 Å². The molecule has 1 aliphatic heterocycles. The Morgan fingerprint density at radius 2 is 1.48 bits per heavy atom. The summed E-state index contributed by atoms with van der Waals surface area (Å²) in [7, 11) is 2.13. The molecule has 0 atom stereocenters. The van der Waals surface area contributed by atoms with Gasteiger partial charge < -0.3 is 4.90 Å². The van der Waals surface area contributed by atoms with Crippen LogP contribution in [0, 0.1) is 0 Å². The van der Waals surface area contributed by atoms with E-state index in [9.17, 15) is 9.59 Å². The number of amides is 2. The maximum absolute atomic E-state index is 12.3. The van der Waals surface area contributed by atoms with Gasteiger partial charge in [-0.05, 0) is 56.3 Å². The van der Waals surface area contributed by atoms with Crippen LogP contribution in [0.25, 0.3) is 0 Å². The van der Waals surface area contributed by atoms with Crippen molar-refractivity contribution in [1.82, 2.24) is 9.80 Å². The first-order valence-corrected chi connectivity index (χ1v) is 10.3. The smallest absolute Gasteiger partial charge is 0.261 e. The van der Waals surface area contributed by atoms with E-state index in [1.807, 2.05) is 18.2 Å². The van der Waals surface area contributed by atoms with Crippen LogP contribution >= 0.6 is 24.0 Å². The lowest BCUT2D eigenvalue weighted by molar-refractivity contribution is 0.0651. The third kappa shape index (κ3) is 6.30. The number of fused-ring (bicyclic) bond motifs is 1. The lowest BCUT2D eigenvalue weighted by atomic mass is 10.1. The molecule has 2 aromatic rings. The van der Waals surface area contributed by atoms with Crippen molar-refractivity contribution in [3.8, 4) is 0 Å². The fourth-order valence-corrected chi connectivity index (χ4v) is 3.86. The van der Waals surface area contributed by atoms with Crippen molar-refractivity contribution in [3.63, 3.8) is 0 Å². The standard InChI is InChI=1S/C23H27ClN2O2.ClH/c1-25(17-18-10-9-11-19(24)16-18)14-7-3-2-4-8-15-26-22(27)20-12-5-6-13-21(20)23(26)28;/h5-6,9-13,16H,2-4,7-8,14-15,17H2,1H3;1H. The Hall–Kier alpha value is -1.88. The Morgan fingerprint density at radius 1 is 0.862 bits per heavy atom. The number of nitrogens with zero attached hydrogens (tertiary/aromatic N) is 2. The van der Waals surface area contributed by atoms with Gasteiger partial charge in [0.1, 0.15) is 0 Å². The van der Waals surface area contributed by atoms with Gasteiger partial charge in [-0.15, -0.1) is 12.4 Å². The number of hydrogen-bond donors (Lipinski definition) is 0. The second kappa shape index (κ2) is 11.3. The second-order valence-electron chi connectivity index (χ2n) is 7.44. The van der Waals surface area contributed by atoms with E-state index in [2.05, 4.69) is 18.0 Å². The van der Waals surface area contributed by atoms with E-state index in [0.29, 0.717) is 17.7 Å². The average Bonchev–Trinajstić information content (AvgIpc) is 2.92. The minimum Gasteiger partial charge on any atom is -0.302 e. The van der Waals surface area contributed by atoms with Gasteiger partial charge in [-0.3, -0.25) is 14.5 Å². The van der Waals surface area contributed by atoms with E-state index in [0.717, 1.165) is 50.2 Å². The van der Waals surface area contributed by atoms with E-state index in [1.165, 1.54) is 10.5 Å². The van der Waals surface area contributed by atoms with Crippen molar-refractivity contribution in [3.05, 3.63) is 70.2 Å². The Morgan fingerprint density at radius 3 is 2.14 bits per heavy atom. The highest BCUT2D eigenvalue weighted by atomic mass is 35.5. The SMILES string of the molecule is CN(CCCCCCCN1C(=O)c2ccccc2C1=O)Cc1cccc(Cl)c1.Cl. The molecule has 0 radical (unpaired) electrons. The molecule has 0 spiro atoms. The number of benzene rings is 2. The van der Waals surface area contributed by atoms with Crippen LogP contribution in [-0.4, -0.2) is 41.8 Å². The summed E-state index contributed by atoms with van der Waals surface area (Å²) < 4.78 is 0. The molecule has 4 nitrogen and oxygen atoms in total. The van der Waals surface area contributed by atoms with Gasteiger partial charge in [-0.1, -0.05) is 55.1 Å². The predicted octanol–water partition coefficient (Wildman–Crippen LogP) is 5.44. The van der Waals surface area contributed by atoms with Crippen molar-refractivity contribution < 1.29 is 9.59 Å². The van der Waals surface area contributed by atoms with Crippen LogP contribution in [0.1, 0.15) is 58.4 Å². The van der Waals surface area contributed by atoms with Crippen LogP contribution in [0.4, 0.5) is 0 Å². The molecule has 3 rings (SSSR count). The Labute approximate surface area is 184 Å². The molecule has 29 heavy (non-hydrogen) atoms. The molecule has 1 aliphatic rings. The number of halogens is 2. The average molecular weight is 435 g/mol. The Kier molecular flexibility index (Phi) is 9.15. The molecule has 156 valence electrons. The van der Waals surface area contributed by atoms with Gasteiger partial charge in [0.2, 0.25) is 0 Å². The molecule has 0 aliphatic carbocycles. The zero-order chi connectivity index (χ0) is 19.9. The molecule has 0 N–H and O–H groups in total. The van der Waals surface area contributed by atoms with Crippen LogP contribution < -0.4 is 0 Å². The van der Waals surface area contributed by atoms with E-state index in [4.69, 9.17) is 11.6 Å². The molecule has 0 fully saturated rings. The normalized spacial score (nSPS) is 13.0. The summed E-state index contributed by atoms with van der Waals surface area (Å²) in [5, 5.41) is 0.781. The third-order valence-electron chi connectivity index (χ3n) is 5.14. The third-order valence-corrected chi connectivity index (χ3v) is 5.38. The van der Waals surface area contributed by atoms with E-state index < -0.39 is 0 Å². The van der Waals surface area contributed by atoms with Crippen LogP contribution in [0.2, 0.25) is 5.02 Å². The molecular formula is C23H28Cl2N2O2. The summed E-state index contributed by atoms with van der Waals surface area (Å²) in [6.45, 7) is 2.46. The molecule has 2 amide bonds. The van der Waals surface area contributed by atoms with Crippen LogP contribution in [0.5, 0.6) is 0 Å². The zero-order valence-electron chi connectivity index (χ0n) is 16.8. The highest BCUT2D eigenvalue weighted by Crippen LogP contribution is 2.23. The first-order chi connectivity index (χ1) is 13.6. The largest absolute Gasteiger partial charge is 0.302 e. The molecule has 2 aromatic carbocycles. The monoisotopic (exact) mass is 434 g/mol. The fraction of sp³-hybridized carbons (Fsp3) is 0.391. The molecule has 0 saturated heterocycles. The summed E-state index contributed by atoms with van der Waals surface area (Å²) in [6.07, 6.45) is 5.31. The molecule has 0 saturated carbocycles. The lowest BCUT2D eigenvalue weighted by Crippen LogP contribution is -2.30. The first kappa shape index (κ1) is 23.4. The van der Waals surface area contributed by atoms with Gasteiger partial charge in [0.25, 0.3) is 11.8 Å². The number of carbonyl (C=O) groups excluding carboxylic acids is 2. The number of carbonyl (C=O) groups is 2. The van der Waals surface area contributed by atoms with Crippen molar-refractivity contribution in [2.75, 3.05) is 20.1 Å². The summed E-state index contributed by atoms with van der Waals surface area (Å²) >= 11 is 6.03. The van der Waals surface area contributed by atoms with Crippen molar-refractivity contribution >= 4 is 35.8 Å². The summed E-state index contributed by atoms with van der Waals surface area (Å²) in [4.78, 5) is 28.3. The molecule has 0 unspecified atom stereocenters. The fourth-order valence-electron chi connectivity index (χ4n) is 3.65. The molecule has 6 heteroatoms. The molecule has 0 aromatic heterocycles. The van der Waals surface area contributed by atoms with E-state index in [1.54, 1.807) is 24.3 Å². The van der Waals surface area contributed by atoms with Crippen LogP contribution in [0.15, 0.2) is 48.5 Å². The van der Waals surface area contributed by atoms with Gasteiger partial charge in [0, 0.05) is 18.1 Å². The van der Waals surface area contributed by atoms with Gasteiger partial charge in [-0.25, -0.2) is 0 Å². The summed E-state index contributed by atoms with van der Waals surface area (Å²) in [5.41, 5.74) is 2.31. The number of rotatable bonds is 10. The minimum absolute atomic E-state index is 0. The number of imide groups is 1. The van der Waals surface area contributed by atoms with Gasteiger partial charge in [0.15, 0.2) is 0 Å². The highest BCUT2D eigenvalue weighted by Gasteiger charge is 2.34. The van der Waals surface area contributed by atoms with Gasteiger partial charge in [-0.2, -0.15) is 0 Å². The van der Waals surface area contributed by atoms with E-state index in [-0.39, 0.29) is 24.2 Å². The molecular weight excluding hydrogens is 407 g/mol. The highest BCUT2D eigenvalue weighted by molar-refractivity contribution is 6.30. The second-order valence-corrected chi connectivity index (χ2v) is 7.88. The maximum Gasteiger partial charge on any atom is 0.261 e. The molecule has 1 heterocycles. The zero-order valence-corrected chi connectivity index (χ0v) is 18.3. The summed E-state index contributed by atoms with van der Waals surface area (Å²) in [5.74, 6) is -0.300. The lowest BCUT2D eigenvalue weighted by Gasteiger charge is -2.17. The van der Waals surface area contributed by atoms with Crippen LogP contribution in [-0.2, 0) is 6.54 Å². The van der Waals surface area contributed by atoms with Crippen molar-refractivity contribution in [2.45, 2.75) is 38.6 Å². The van der Waals surface area contributed by atoms with Crippen molar-refractivity contribution in [2.24, 2.45) is 0 Å². The Bertz CT molecular complexity index is 806. The van der Waals surface area contributed by atoms with Gasteiger partial charge >= 0.3 is 0 Å². The maximum atomic E-state index is 12.3. The summed E-state index contributed by atoms with van der Waals surface area (Å²) in [6, 6.07) is 15.1. The van der Waals surface area contributed by atoms with Crippen LogP contribution in [0.3, 0.4) is 0 Å². The Balaban J connectivity index is 0.00000300. The predicted molar refractivity (Wildman–Crippen MR) is 120 cm³/mol. The van der Waals surface area contributed by atoms with E-state index >= 15 is 0 Å². The topological polar surface area (TPSA) is 40.6 Å². The minimum atomic E-state index is -0.150.